The molecule has 0 bridgehead atoms. The zero-order chi connectivity index (χ0) is 13.1. The van der Waals surface area contributed by atoms with Gasteiger partial charge in [0.05, 0.1) is 6.54 Å². The molecule has 0 spiro atoms. The van der Waals surface area contributed by atoms with Gasteiger partial charge < -0.3 is 5.32 Å². The van der Waals surface area contributed by atoms with Crippen LogP contribution < -0.4 is 5.32 Å². The van der Waals surface area contributed by atoms with Gasteiger partial charge in [0.15, 0.2) is 5.17 Å². The highest BCUT2D eigenvalue weighted by Crippen LogP contribution is 2.22. The van der Waals surface area contributed by atoms with Crippen LogP contribution in [0.2, 0.25) is 5.02 Å². The van der Waals surface area contributed by atoms with E-state index in [0.717, 1.165) is 11.7 Å². The van der Waals surface area contributed by atoms with Crippen molar-refractivity contribution < 1.29 is 4.79 Å². The summed E-state index contributed by atoms with van der Waals surface area (Å²) < 4.78 is 0. The van der Waals surface area contributed by atoms with Gasteiger partial charge in [0, 0.05) is 23.0 Å². The number of carbonyl (C=O) groups is 1. The first-order chi connectivity index (χ1) is 8.56. The summed E-state index contributed by atoms with van der Waals surface area (Å²) in [6, 6.07) is 6.81. The third-order valence-electron chi connectivity index (χ3n) is 2.48. The molecule has 18 heavy (non-hydrogen) atoms. The van der Waals surface area contributed by atoms with Crippen LogP contribution in [-0.4, -0.2) is 34.9 Å². The first-order valence-corrected chi connectivity index (χ1v) is 6.83. The third kappa shape index (κ3) is 3.17. The summed E-state index contributed by atoms with van der Waals surface area (Å²) in [6.45, 7) is 2.85. The van der Waals surface area contributed by atoms with Crippen molar-refractivity contribution in [1.29, 1.82) is 0 Å². The molecule has 0 fully saturated rings. The fourth-order valence-corrected chi connectivity index (χ4v) is 2.50. The predicted molar refractivity (Wildman–Crippen MR) is 77.6 cm³/mol. The van der Waals surface area contributed by atoms with E-state index in [4.69, 9.17) is 11.6 Å². The van der Waals surface area contributed by atoms with Crippen LogP contribution in [0.1, 0.15) is 6.92 Å². The summed E-state index contributed by atoms with van der Waals surface area (Å²) >= 11 is 7.39. The van der Waals surface area contributed by atoms with Crippen molar-refractivity contribution in [1.82, 2.24) is 4.90 Å². The average molecular weight is 284 g/mol. The Bertz CT molecular complexity index is 475. The molecule has 1 atom stereocenters. The predicted octanol–water partition coefficient (Wildman–Crippen LogP) is 3.30. The summed E-state index contributed by atoms with van der Waals surface area (Å²) in [5.41, 5.74) is 0.716. The highest BCUT2D eigenvalue weighted by atomic mass is 35.5. The lowest BCUT2D eigenvalue weighted by molar-refractivity contribution is 0.239. The normalized spacial score (nSPS) is 18.4. The van der Waals surface area contributed by atoms with E-state index >= 15 is 0 Å². The van der Waals surface area contributed by atoms with Crippen molar-refractivity contribution in [3.05, 3.63) is 29.3 Å². The number of rotatable bonds is 1. The van der Waals surface area contributed by atoms with E-state index in [0.29, 0.717) is 16.0 Å². The van der Waals surface area contributed by atoms with Gasteiger partial charge in [-0.2, -0.15) is 0 Å². The molecule has 4 nitrogen and oxygen atoms in total. The maximum atomic E-state index is 12.0. The molecule has 6 heteroatoms. The van der Waals surface area contributed by atoms with E-state index < -0.39 is 0 Å². The van der Waals surface area contributed by atoms with Gasteiger partial charge in [0.25, 0.3) is 0 Å². The van der Waals surface area contributed by atoms with Crippen molar-refractivity contribution in [3.8, 4) is 0 Å². The molecule has 1 aromatic rings. The zero-order valence-electron chi connectivity index (χ0n) is 10.2. The van der Waals surface area contributed by atoms with Crippen molar-refractivity contribution in [2.45, 2.75) is 12.2 Å². The second kappa shape index (κ2) is 5.63. The number of amidine groups is 1. The Kier molecular flexibility index (Phi) is 4.14. The number of anilines is 1. The van der Waals surface area contributed by atoms with E-state index in [-0.39, 0.29) is 6.03 Å². The molecule has 0 aromatic heterocycles. The van der Waals surface area contributed by atoms with Crippen LogP contribution in [0.3, 0.4) is 0 Å². The Balaban J connectivity index is 1.97. The molecule has 2 rings (SSSR count). The summed E-state index contributed by atoms with van der Waals surface area (Å²) in [4.78, 5) is 17.8. The van der Waals surface area contributed by atoms with E-state index in [9.17, 15) is 4.79 Å². The Morgan fingerprint density at radius 3 is 2.72 bits per heavy atom. The fourth-order valence-electron chi connectivity index (χ4n) is 1.47. The average Bonchev–Trinajstić information content (AvgIpc) is 2.78. The molecule has 96 valence electrons. The van der Waals surface area contributed by atoms with Gasteiger partial charge in [-0.15, -0.1) is 0 Å². The number of benzene rings is 1. The molecule has 2 amide bonds. The van der Waals surface area contributed by atoms with Gasteiger partial charge in [-0.25, -0.2) is 4.79 Å². The largest absolute Gasteiger partial charge is 0.327 e. The summed E-state index contributed by atoms with van der Waals surface area (Å²) in [5, 5.41) is 4.63. The number of carbonyl (C=O) groups excluding carboxylic acids is 1. The van der Waals surface area contributed by atoms with E-state index in [1.807, 2.05) is 0 Å². The minimum Gasteiger partial charge on any atom is -0.307 e. The first kappa shape index (κ1) is 13.2. The molecule has 0 saturated heterocycles. The topological polar surface area (TPSA) is 44.7 Å². The van der Waals surface area contributed by atoms with Crippen LogP contribution in [0.4, 0.5) is 10.5 Å². The van der Waals surface area contributed by atoms with Crippen molar-refractivity contribution in [2.75, 3.05) is 18.9 Å². The number of nitrogens with zero attached hydrogens (tertiary/aromatic N) is 2. The molecule has 1 aliphatic rings. The Hall–Kier alpha value is -1.20. The van der Waals surface area contributed by atoms with Gasteiger partial charge in [-0.05, 0) is 24.3 Å². The second-order valence-electron chi connectivity index (χ2n) is 4.05. The number of amides is 2. The number of aliphatic imine (C=N–C) groups is 1. The lowest BCUT2D eigenvalue weighted by atomic mass is 10.3. The van der Waals surface area contributed by atoms with Gasteiger partial charge in [-0.3, -0.25) is 9.89 Å². The number of hydrogen-bond acceptors (Lipinski definition) is 3. The molecule has 0 unspecified atom stereocenters. The van der Waals surface area contributed by atoms with Crippen LogP contribution in [0.5, 0.6) is 0 Å². The quantitative estimate of drug-likeness (QED) is 0.859. The number of hydrogen-bond donors (Lipinski definition) is 1. The minimum atomic E-state index is -0.197. The SMILES string of the molecule is C[C@H]1CN=C(N(C)C(=O)Nc2ccc(Cl)cc2)S1. The van der Waals surface area contributed by atoms with Crippen LogP contribution in [0, 0.1) is 0 Å². The lowest BCUT2D eigenvalue weighted by Gasteiger charge is -2.17. The number of urea groups is 1. The Morgan fingerprint density at radius 1 is 1.50 bits per heavy atom. The monoisotopic (exact) mass is 283 g/mol. The second-order valence-corrected chi connectivity index (χ2v) is 5.89. The smallest absolute Gasteiger partial charge is 0.307 e. The Morgan fingerprint density at radius 2 is 2.17 bits per heavy atom. The van der Waals surface area contributed by atoms with Crippen LogP contribution in [-0.2, 0) is 0 Å². The number of halogens is 1. The van der Waals surface area contributed by atoms with E-state index in [2.05, 4.69) is 17.2 Å². The van der Waals surface area contributed by atoms with Crippen molar-refractivity contribution >= 4 is 40.2 Å². The highest BCUT2D eigenvalue weighted by Gasteiger charge is 2.22. The number of thioether (sulfide) groups is 1. The van der Waals surface area contributed by atoms with Gasteiger partial charge >= 0.3 is 6.03 Å². The van der Waals surface area contributed by atoms with Gasteiger partial charge in [-0.1, -0.05) is 30.3 Å². The molecular weight excluding hydrogens is 270 g/mol. The molecule has 1 aromatic carbocycles. The molecule has 0 radical (unpaired) electrons. The number of nitrogens with one attached hydrogen (secondary N) is 1. The van der Waals surface area contributed by atoms with E-state index in [1.165, 1.54) is 4.90 Å². The minimum absolute atomic E-state index is 0.197. The van der Waals surface area contributed by atoms with Crippen LogP contribution in [0.25, 0.3) is 0 Å². The Labute approximate surface area is 115 Å². The van der Waals surface area contributed by atoms with Crippen molar-refractivity contribution in [3.63, 3.8) is 0 Å². The van der Waals surface area contributed by atoms with Crippen LogP contribution in [0.15, 0.2) is 29.3 Å². The molecule has 1 aliphatic heterocycles. The zero-order valence-corrected chi connectivity index (χ0v) is 11.8. The summed E-state index contributed by atoms with van der Waals surface area (Å²) in [6.07, 6.45) is 0. The standard InChI is InChI=1S/C12H14ClN3OS/c1-8-7-14-12(18-8)16(2)11(17)15-10-5-3-9(13)4-6-10/h3-6,8H,7H2,1-2H3,(H,15,17)/t8-/m0/s1. The van der Waals surface area contributed by atoms with Crippen molar-refractivity contribution in [2.24, 2.45) is 4.99 Å². The third-order valence-corrected chi connectivity index (χ3v) is 3.89. The fraction of sp³-hybridized carbons (Fsp3) is 0.333. The first-order valence-electron chi connectivity index (χ1n) is 5.57. The summed E-state index contributed by atoms with van der Waals surface area (Å²) in [5.74, 6) is 0. The maximum Gasteiger partial charge on any atom is 0.327 e. The van der Waals surface area contributed by atoms with E-state index in [1.54, 1.807) is 43.1 Å². The highest BCUT2D eigenvalue weighted by molar-refractivity contribution is 8.14. The molecule has 0 aliphatic carbocycles. The molecule has 1 N–H and O–H groups in total. The van der Waals surface area contributed by atoms with Gasteiger partial charge in [0.2, 0.25) is 0 Å². The molecule has 0 saturated carbocycles. The van der Waals surface area contributed by atoms with Gasteiger partial charge in [0.1, 0.15) is 0 Å². The molecule has 1 heterocycles. The van der Waals surface area contributed by atoms with Crippen LogP contribution >= 0.6 is 23.4 Å². The lowest BCUT2D eigenvalue weighted by Crippen LogP contribution is -2.34. The maximum absolute atomic E-state index is 12.0. The summed E-state index contributed by atoms with van der Waals surface area (Å²) in [7, 11) is 1.72. The molecular formula is C12H14ClN3OS.